The van der Waals surface area contributed by atoms with Gasteiger partial charge in [0.1, 0.15) is 0 Å². The van der Waals surface area contributed by atoms with Crippen LogP contribution >= 0.6 is 11.6 Å². The zero-order valence-electron chi connectivity index (χ0n) is 16.7. The average Bonchev–Trinajstić information content (AvgIpc) is 3.02. The van der Waals surface area contributed by atoms with Crippen LogP contribution in [0.2, 0.25) is 5.02 Å². The molecule has 2 unspecified atom stereocenters. The first-order chi connectivity index (χ1) is 14.4. The third kappa shape index (κ3) is 1.96. The van der Waals surface area contributed by atoms with E-state index in [1.54, 1.807) is 6.07 Å². The van der Waals surface area contributed by atoms with E-state index >= 15 is 0 Å². The Kier molecular flexibility index (Phi) is 3.48. The van der Waals surface area contributed by atoms with E-state index in [1.165, 1.54) is 27.2 Å². The normalized spacial score (nSPS) is 28.4. The van der Waals surface area contributed by atoms with Crippen LogP contribution in [-0.4, -0.2) is 11.8 Å². The second-order valence-electron chi connectivity index (χ2n) is 8.80. The Balaban J connectivity index is 1.60. The number of hydrogen-bond donors (Lipinski definition) is 0. The summed E-state index contributed by atoms with van der Waals surface area (Å²) in [4.78, 5) is 29.0. The molecular weight excluding hydrogens is 394 g/mol. The van der Waals surface area contributed by atoms with E-state index in [9.17, 15) is 9.59 Å². The summed E-state index contributed by atoms with van der Waals surface area (Å²) in [6, 6.07) is 22.0. The van der Waals surface area contributed by atoms with Crippen molar-refractivity contribution in [3.05, 3.63) is 99.6 Å². The van der Waals surface area contributed by atoms with Crippen molar-refractivity contribution in [3.8, 4) is 0 Å². The number of amides is 2. The Bertz CT molecular complexity index is 1220. The summed E-state index contributed by atoms with van der Waals surface area (Å²) in [6.45, 7) is 4.04. The lowest BCUT2D eigenvalue weighted by Gasteiger charge is -2.52. The first-order valence-electron chi connectivity index (χ1n) is 10.3. The molecule has 2 atom stereocenters. The highest BCUT2D eigenvalue weighted by atomic mass is 35.5. The Labute approximate surface area is 180 Å². The van der Waals surface area contributed by atoms with Crippen molar-refractivity contribution >= 4 is 29.1 Å². The largest absolute Gasteiger partial charge is 0.274 e. The number of hydrogen-bond acceptors (Lipinski definition) is 2. The fraction of sp³-hybridized carbons (Fsp3) is 0.231. The summed E-state index contributed by atoms with van der Waals surface area (Å²) in [5, 5.41) is 0.559. The van der Waals surface area contributed by atoms with Gasteiger partial charge in [-0.3, -0.25) is 9.59 Å². The first-order valence-corrected chi connectivity index (χ1v) is 10.6. The second-order valence-corrected chi connectivity index (χ2v) is 9.21. The zero-order valence-corrected chi connectivity index (χ0v) is 17.5. The van der Waals surface area contributed by atoms with Crippen molar-refractivity contribution < 1.29 is 9.59 Å². The SMILES string of the molecule is Cc1ccc(N2C(=O)C3C4c5ccccc5C(C)(c5ccccc54)C3C2=O)cc1Cl. The smallest absolute Gasteiger partial charge is 0.238 e. The van der Waals surface area contributed by atoms with Gasteiger partial charge in [-0.05, 0) is 46.9 Å². The van der Waals surface area contributed by atoms with Crippen molar-refractivity contribution in [1.29, 1.82) is 0 Å². The molecule has 0 spiro atoms. The van der Waals surface area contributed by atoms with Gasteiger partial charge in [-0.15, -0.1) is 0 Å². The number of aryl methyl sites for hydroxylation is 1. The molecule has 4 aliphatic rings. The van der Waals surface area contributed by atoms with E-state index in [1.807, 2.05) is 43.3 Å². The lowest BCUT2D eigenvalue weighted by atomic mass is 9.48. The van der Waals surface area contributed by atoms with Gasteiger partial charge in [-0.2, -0.15) is 0 Å². The number of imide groups is 1. The monoisotopic (exact) mass is 413 g/mol. The van der Waals surface area contributed by atoms with Gasteiger partial charge in [-0.25, -0.2) is 4.90 Å². The third-order valence-corrected chi connectivity index (χ3v) is 7.86. The number of carbonyl (C=O) groups excluding carboxylic acids is 2. The predicted octanol–water partition coefficient (Wildman–Crippen LogP) is 5.22. The van der Waals surface area contributed by atoms with Gasteiger partial charge in [0.25, 0.3) is 0 Å². The fourth-order valence-electron chi connectivity index (χ4n) is 6.13. The van der Waals surface area contributed by atoms with Gasteiger partial charge >= 0.3 is 0 Å². The summed E-state index contributed by atoms with van der Waals surface area (Å²) < 4.78 is 0. The molecule has 2 bridgehead atoms. The fourth-order valence-corrected chi connectivity index (χ4v) is 6.30. The number of anilines is 1. The highest BCUT2D eigenvalue weighted by molar-refractivity contribution is 6.32. The molecule has 3 aromatic carbocycles. The van der Waals surface area contributed by atoms with Gasteiger partial charge in [-0.1, -0.05) is 73.1 Å². The van der Waals surface area contributed by atoms with E-state index in [0.717, 1.165) is 5.56 Å². The molecule has 0 radical (unpaired) electrons. The maximum atomic E-state index is 13.8. The zero-order chi connectivity index (χ0) is 20.8. The molecule has 0 N–H and O–H groups in total. The molecule has 1 saturated heterocycles. The Morgan fingerprint density at radius 1 is 0.867 bits per heavy atom. The number of halogens is 1. The maximum absolute atomic E-state index is 13.8. The molecule has 1 fully saturated rings. The molecule has 4 heteroatoms. The van der Waals surface area contributed by atoms with Crippen LogP contribution < -0.4 is 4.90 Å². The summed E-state index contributed by atoms with van der Waals surface area (Å²) in [5.41, 5.74) is 5.62. The maximum Gasteiger partial charge on any atom is 0.238 e. The lowest BCUT2D eigenvalue weighted by molar-refractivity contribution is -0.123. The van der Waals surface area contributed by atoms with Crippen LogP contribution in [0.25, 0.3) is 0 Å². The van der Waals surface area contributed by atoms with Crippen molar-refractivity contribution in [1.82, 2.24) is 0 Å². The Morgan fingerprint density at radius 3 is 2.07 bits per heavy atom. The van der Waals surface area contributed by atoms with Gasteiger partial charge in [0.05, 0.1) is 17.5 Å². The molecule has 1 heterocycles. The molecule has 148 valence electrons. The molecule has 3 nitrogen and oxygen atoms in total. The van der Waals surface area contributed by atoms with Crippen molar-refractivity contribution in [3.63, 3.8) is 0 Å². The van der Waals surface area contributed by atoms with Crippen molar-refractivity contribution in [2.24, 2.45) is 11.8 Å². The quantitative estimate of drug-likeness (QED) is 0.513. The molecule has 7 rings (SSSR count). The van der Waals surface area contributed by atoms with Crippen molar-refractivity contribution in [2.45, 2.75) is 25.2 Å². The van der Waals surface area contributed by atoms with Crippen LogP contribution in [0.3, 0.4) is 0 Å². The van der Waals surface area contributed by atoms with E-state index in [-0.39, 0.29) is 17.7 Å². The van der Waals surface area contributed by atoms with Crippen LogP contribution in [0.1, 0.15) is 40.7 Å². The summed E-state index contributed by atoms with van der Waals surface area (Å²) in [5.74, 6) is -1.16. The number of nitrogens with zero attached hydrogens (tertiary/aromatic N) is 1. The van der Waals surface area contributed by atoms with E-state index < -0.39 is 17.3 Å². The minimum atomic E-state index is -0.539. The number of rotatable bonds is 1. The van der Waals surface area contributed by atoms with E-state index in [4.69, 9.17) is 11.6 Å². The molecule has 0 aromatic heterocycles. The molecule has 0 saturated carbocycles. The van der Waals surface area contributed by atoms with E-state index in [2.05, 4.69) is 31.2 Å². The molecule has 3 aliphatic carbocycles. The number of benzene rings is 3. The molecule has 30 heavy (non-hydrogen) atoms. The van der Waals surface area contributed by atoms with Gasteiger partial charge in [0.15, 0.2) is 0 Å². The van der Waals surface area contributed by atoms with E-state index in [0.29, 0.717) is 10.7 Å². The Hall–Kier alpha value is -2.91. The molecule has 1 aliphatic heterocycles. The first kappa shape index (κ1) is 17.9. The summed E-state index contributed by atoms with van der Waals surface area (Å²) in [7, 11) is 0. The minimum absolute atomic E-state index is 0.105. The molecule has 3 aromatic rings. The molecule has 2 amide bonds. The highest BCUT2D eigenvalue weighted by Gasteiger charge is 2.66. The lowest BCUT2D eigenvalue weighted by Crippen LogP contribution is -2.51. The van der Waals surface area contributed by atoms with Crippen LogP contribution in [0.4, 0.5) is 5.69 Å². The topological polar surface area (TPSA) is 37.4 Å². The predicted molar refractivity (Wildman–Crippen MR) is 117 cm³/mol. The standard InChI is InChI=1S/C26H20ClNO2/c1-14-11-12-15(13-20(14)27)28-24(29)22-21-16-7-3-5-9-18(16)26(2,23(22)25(28)30)19-10-6-4-8-17(19)21/h3-13,21-23H,1-2H3. The summed E-state index contributed by atoms with van der Waals surface area (Å²) in [6.07, 6.45) is 0. The van der Waals surface area contributed by atoms with Crippen LogP contribution in [0.5, 0.6) is 0 Å². The summed E-state index contributed by atoms with van der Waals surface area (Å²) >= 11 is 6.33. The van der Waals surface area contributed by atoms with Gasteiger partial charge in [0.2, 0.25) is 11.8 Å². The second kappa shape index (κ2) is 5.83. The van der Waals surface area contributed by atoms with Crippen molar-refractivity contribution in [2.75, 3.05) is 4.90 Å². The third-order valence-electron chi connectivity index (χ3n) is 7.46. The Morgan fingerprint density at radius 2 is 1.47 bits per heavy atom. The van der Waals surface area contributed by atoms with Gasteiger partial charge < -0.3 is 0 Å². The number of carbonyl (C=O) groups is 2. The average molecular weight is 414 g/mol. The van der Waals surface area contributed by atoms with Crippen LogP contribution in [0.15, 0.2) is 66.7 Å². The highest BCUT2D eigenvalue weighted by Crippen LogP contribution is 2.64. The minimum Gasteiger partial charge on any atom is -0.274 e. The van der Waals surface area contributed by atoms with Crippen LogP contribution in [0, 0.1) is 18.8 Å². The van der Waals surface area contributed by atoms with Crippen LogP contribution in [-0.2, 0) is 15.0 Å². The molecular formula is C26H20ClNO2. The van der Waals surface area contributed by atoms with Gasteiger partial charge in [0, 0.05) is 16.4 Å².